The molecule has 0 spiro atoms. The van der Waals surface area contributed by atoms with Crippen molar-refractivity contribution in [1.82, 2.24) is 4.40 Å². The van der Waals surface area contributed by atoms with Gasteiger partial charge in [-0.25, -0.2) is 0 Å². The number of pyridine rings is 1. The molecular weight excluding hydrogens is 378 g/mol. The molecule has 0 atom stereocenters. The van der Waals surface area contributed by atoms with Crippen LogP contribution in [0.4, 0.5) is 0 Å². The fraction of sp³-hybridized carbons (Fsp3) is 0. The van der Waals surface area contributed by atoms with Crippen LogP contribution >= 0.6 is 0 Å². The fourth-order valence-electron chi connectivity index (χ4n) is 3.64. The van der Waals surface area contributed by atoms with E-state index in [1.807, 2.05) is 12.1 Å². The molecule has 0 saturated heterocycles. The normalized spacial score (nSPS) is 13.1. The van der Waals surface area contributed by atoms with Crippen molar-refractivity contribution < 1.29 is 19.1 Å². The zero-order valence-corrected chi connectivity index (χ0v) is 15.7. The number of ether oxygens (including phenoxy) is 1. The van der Waals surface area contributed by atoms with Gasteiger partial charge < -0.3 is 9.14 Å². The number of aromatic nitrogens is 1. The molecule has 1 aliphatic rings. The summed E-state index contributed by atoms with van der Waals surface area (Å²) < 4.78 is 7.32. The van der Waals surface area contributed by atoms with E-state index in [1.54, 1.807) is 77.3 Å². The second-order valence-electron chi connectivity index (χ2n) is 6.90. The van der Waals surface area contributed by atoms with Crippen molar-refractivity contribution in [3.63, 3.8) is 0 Å². The van der Waals surface area contributed by atoms with Crippen molar-refractivity contribution in [3.05, 3.63) is 119 Å². The summed E-state index contributed by atoms with van der Waals surface area (Å²) in [6.07, 6.45) is 2.87. The van der Waals surface area contributed by atoms with Crippen LogP contribution in [0.3, 0.4) is 0 Å². The standard InChI is InChI=1S/C25H15NO4/c27-20-15-21(30-18-11-5-2-6-12-18)25(29)19-14-17-10-7-13-26(17)23(22(19)20)24(28)16-8-3-1-4-9-16/h1-15H. The highest BCUT2D eigenvalue weighted by atomic mass is 16.5. The summed E-state index contributed by atoms with van der Waals surface area (Å²) in [5.74, 6) is -0.800. The average Bonchev–Trinajstić information content (AvgIpc) is 3.25. The van der Waals surface area contributed by atoms with Crippen LogP contribution in [-0.4, -0.2) is 21.8 Å². The number of Topliss-reactive ketones (excluding diaryl/α,β-unsaturated/α-hetero) is 1. The van der Waals surface area contributed by atoms with Gasteiger partial charge >= 0.3 is 0 Å². The molecule has 4 aromatic rings. The second kappa shape index (κ2) is 6.97. The van der Waals surface area contributed by atoms with Gasteiger partial charge in [-0.05, 0) is 30.3 Å². The number of rotatable bonds is 4. The Morgan fingerprint density at radius 3 is 2.27 bits per heavy atom. The van der Waals surface area contributed by atoms with Crippen molar-refractivity contribution in [3.8, 4) is 5.75 Å². The Labute approximate surface area is 171 Å². The first-order valence-corrected chi connectivity index (χ1v) is 9.41. The predicted molar refractivity (Wildman–Crippen MR) is 111 cm³/mol. The van der Waals surface area contributed by atoms with Crippen molar-refractivity contribution in [2.45, 2.75) is 0 Å². The largest absolute Gasteiger partial charge is 0.453 e. The topological polar surface area (TPSA) is 64.8 Å². The molecule has 1 aliphatic carbocycles. The van der Waals surface area contributed by atoms with E-state index in [-0.39, 0.29) is 28.4 Å². The number of carbonyl (C=O) groups excluding carboxylic acids is 3. The molecule has 2 heterocycles. The molecule has 5 rings (SSSR count). The number of carbonyl (C=O) groups is 3. The van der Waals surface area contributed by atoms with Gasteiger partial charge in [-0.3, -0.25) is 14.4 Å². The molecule has 0 unspecified atom stereocenters. The molecule has 0 amide bonds. The number of benzene rings is 2. The Morgan fingerprint density at radius 2 is 1.53 bits per heavy atom. The smallest absolute Gasteiger partial charge is 0.229 e. The number of hydrogen-bond acceptors (Lipinski definition) is 4. The van der Waals surface area contributed by atoms with Crippen LogP contribution < -0.4 is 4.74 Å². The van der Waals surface area contributed by atoms with Crippen LogP contribution in [-0.2, 0) is 0 Å². The van der Waals surface area contributed by atoms with Gasteiger partial charge in [0.2, 0.25) is 11.6 Å². The van der Waals surface area contributed by atoms with E-state index in [1.165, 1.54) is 0 Å². The molecule has 0 saturated carbocycles. The third-order valence-electron chi connectivity index (χ3n) is 5.02. The molecular formula is C25H15NO4. The summed E-state index contributed by atoms with van der Waals surface area (Å²) in [5, 5.41) is 0. The van der Waals surface area contributed by atoms with Gasteiger partial charge in [0.05, 0.1) is 5.56 Å². The van der Waals surface area contributed by atoms with Gasteiger partial charge in [0.25, 0.3) is 0 Å². The summed E-state index contributed by atoms with van der Waals surface area (Å²) in [5.41, 5.74) is 1.52. The molecule has 0 N–H and O–H groups in total. The summed E-state index contributed by atoms with van der Waals surface area (Å²) in [6.45, 7) is 0. The van der Waals surface area contributed by atoms with Crippen LogP contribution in [0.15, 0.2) is 96.9 Å². The van der Waals surface area contributed by atoms with Crippen LogP contribution in [0.1, 0.15) is 36.8 Å². The van der Waals surface area contributed by atoms with Crippen LogP contribution in [0.2, 0.25) is 0 Å². The Kier molecular flexibility index (Phi) is 4.14. The number of hydrogen-bond donors (Lipinski definition) is 0. The van der Waals surface area contributed by atoms with Crippen molar-refractivity contribution in [2.75, 3.05) is 0 Å². The minimum absolute atomic E-state index is 0.0623. The fourth-order valence-corrected chi connectivity index (χ4v) is 3.64. The van der Waals surface area contributed by atoms with E-state index in [4.69, 9.17) is 4.74 Å². The molecule has 2 aromatic heterocycles. The number of nitrogens with zero attached hydrogens (tertiary/aromatic N) is 1. The molecule has 5 heteroatoms. The SMILES string of the molecule is O=C1C(Oc2ccccc2)=CC(=O)c2c1cc1cccn1c2C(=O)c1ccccc1. The molecule has 0 radical (unpaired) electrons. The van der Waals surface area contributed by atoms with Crippen molar-refractivity contribution in [2.24, 2.45) is 0 Å². The maximum Gasteiger partial charge on any atom is 0.229 e. The molecule has 0 bridgehead atoms. The lowest BCUT2D eigenvalue weighted by Gasteiger charge is -2.19. The highest BCUT2D eigenvalue weighted by molar-refractivity contribution is 6.28. The van der Waals surface area contributed by atoms with E-state index in [0.29, 0.717) is 16.8 Å². The Morgan fingerprint density at radius 1 is 0.833 bits per heavy atom. The van der Waals surface area contributed by atoms with Crippen LogP contribution in [0, 0.1) is 0 Å². The third-order valence-corrected chi connectivity index (χ3v) is 5.02. The summed E-state index contributed by atoms with van der Waals surface area (Å²) in [4.78, 5) is 39.6. The molecule has 30 heavy (non-hydrogen) atoms. The molecule has 0 fully saturated rings. The van der Waals surface area contributed by atoms with Gasteiger partial charge in [0, 0.05) is 28.9 Å². The number of fused-ring (bicyclic) bond motifs is 2. The van der Waals surface area contributed by atoms with E-state index < -0.39 is 11.6 Å². The van der Waals surface area contributed by atoms with Crippen molar-refractivity contribution in [1.29, 1.82) is 0 Å². The monoisotopic (exact) mass is 393 g/mol. The molecule has 2 aromatic carbocycles. The van der Waals surface area contributed by atoms with E-state index in [9.17, 15) is 14.4 Å². The zero-order chi connectivity index (χ0) is 20.7. The van der Waals surface area contributed by atoms with Gasteiger partial charge in [0.1, 0.15) is 11.4 Å². The number of para-hydroxylation sites is 1. The minimum atomic E-state index is -0.439. The highest BCUT2D eigenvalue weighted by Crippen LogP contribution is 2.30. The first-order valence-electron chi connectivity index (χ1n) is 9.41. The quantitative estimate of drug-likeness (QED) is 0.479. The van der Waals surface area contributed by atoms with Gasteiger partial charge in [-0.2, -0.15) is 0 Å². The van der Waals surface area contributed by atoms with E-state index >= 15 is 0 Å². The van der Waals surface area contributed by atoms with Gasteiger partial charge in [-0.15, -0.1) is 0 Å². The van der Waals surface area contributed by atoms with Crippen molar-refractivity contribution >= 4 is 22.9 Å². The van der Waals surface area contributed by atoms with Crippen LogP contribution in [0.5, 0.6) is 5.75 Å². The maximum absolute atomic E-state index is 13.3. The van der Waals surface area contributed by atoms with Gasteiger partial charge in [-0.1, -0.05) is 48.5 Å². The molecule has 5 nitrogen and oxygen atoms in total. The highest BCUT2D eigenvalue weighted by Gasteiger charge is 2.33. The molecule has 0 aliphatic heterocycles. The first kappa shape index (κ1) is 17.8. The first-order chi connectivity index (χ1) is 14.6. The zero-order valence-electron chi connectivity index (χ0n) is 15.7. The van der Waals surface area contributed by atoms with E-state index in [2.05, 4.69) is 0 Å². The average molecular weight is 393 g/mol. The lowest BCUT2D eigenvalue weighted by atomic mass is 9.89. The van der Waals surface area contributed by atoms with Gasteiger partial charge in [0.15, 0.2) is 11.5 Å². The maximum atomic E-state index is 13.3. The summed E-state index contributed by atoms with van der Waals surface area (Å²) >= 11 is 0. The lowest BCUT2D eigenvalue weighted by Crippen LogP contribution is -2.25. The summed E-state index contributed by atoms with van der Waals surface area (Å²) in [6, 6.07) is 22.7. The molecule has 144 valence electrons. The Hall–Kier alpha value is -4.25. The number of allylic oxidation sites excluding steroid dienone is 2. The Balaban J connectivity index is 1.68. The minimum Gasteiger partial charge on any atom is -0.453 e. The van der Waals surface area contributed by atoms with E-state index in [0.717, 1.165) is 6.08 Å². The summed E-state index contributed by atoms with van der Waals surface area (Å²) in [7, 11) is 0. The number of ketones is 3. The lowest BCUT2D eigenvalue weighted by molar-refractivity contribution is 0.0942. The second-order valence-corrected chi connectivity index (χ2v) is 6.90. The van der Waals surface area contributed by atoms with Crippen LogP contribution in [0.25, 0.3) is 5.52 Å². The Bertz CT molecular complexity index is 1350. The predicted octanol–water partition coefficient (Wildman–Crippen LogP) is 4.51. The third kappa shape index (κ3) is 2.84.